The minimum atomic E-state index is -0.320. The molecule has 154 valence electrons. The van der Waals surface area contributed by atoms with Gasteiger partial charge >= 0.3 is 6.03 Å². The molecule has 29 heavy (non-hydrogen) atoms. The first-order chi connectivity index (χ1) is 13.8. The van der Waals surface area contributed by atoms with E-state index < -0.39 is 0 Å². The van der Waals surface area contributed by atoms with E-state index in [9.17, 15) is 14.0 Å². The molecule has 0 unspecified atom stereocenters. The lowest BCUT2D eigenvalue weighted by Crippen LogP contribution is -2.42. The molecule has 3 amide bonds. The van der Waals surface area contributed by atoms with Gasteiger partial charge in [0.05, 0.1) is 18.1 Å². The Morgan fingerprint density at radius 2 is 1.97 bits per heavy atom. The molecule has 0 radical (unpaired) electrons. The Morgan fingerprint density at radius 1 is 1.21 bits per heavy atom. The Labute approximate surface area is 169 Å². The average Bonchev–Trinajstić information content (AvgIpc) is 3.32. The second-order valence-electron chi connectivity index (χ2n) is 8.25. The smallest absolute Gasteiger partial charge is 0.320 e. The number of likely N-dealkylation sites (tertiary alicyclic amines) is 2. The summed E-state index contributed by atoms with van der Waals surface area (Å²) in [6.07, 6.45) is 1.65. The van der Waals surface area contributed by atoms with E-state index in [-0.39, 0.29) is 35.6 Å². The summed E-state index contributed by atoms with van der Waals surface area (Å²) in [5.74, 6) is -0.136. The summed E-state index contributed by atoms with van der Waals surface area (Å²) in [6.45, 7) is 3.50. The van der Waals surface area contributed by atoms with Crippen molar-refractivity contribution in [3.63, 3.8) is 0 Å². The number of nitrogens with zero attached hydrogens (tertiary/aromatic N) is 5. The van der Waals surface area contributed by atoms with Crippen LogP contribution in [0.2, 0.25) is 0 Å². The number of aryl methyl sites for hydroxylation is 2. The Kier molecular flexibility index (Phi) is 4.80. The van der Waals surface area contributed by atoms with E-state index in [2.05, 4.69) is 4.98 Å². The van der Waals surface area contributed by atoms with Crippen LogP contribution in [0.5, 0.6) is 0 Å². The van der Waals surface area contributed by atoms with Gasteiger partial charge in [0.2, 0.25) is 0 Å². The SMILES string of the molecule is Cc1ncn(C)c1C(=O)N1C[C@@H]2CN(C(=O)N(C)C)[C@H](c3cccc(F)c3)[C@@H]2C1. The molecule has 2 saturated heterocycles. The number of carbonyl (C=O) groups excluding carboxylic acids is 2. The van der Waals surface area contributed by atoms with Crippen molar-refractivity contribution in [2.24, 2.45) is 18.9 Å². The summed E-state index contributed by atoms with van der Waals surface area (Å²) < 4.78 is 15.7. The van der Waals surface area contributed by atoms with Crippen molar-refractivity contribution in [3.8, 4) is 0 Å². The van der Waals surface area contributed by atoms with E-state index in [0.717, 1.165) is 5.56 Å². The zero-order valence-corrected chi connectivity index (χ0v) is 17.2. The second-order valence-corrected chi connectivity index (χ2v) is 8.25. The first-order valence-corrected chi connectivity index (χ1v) is 9.78. The van der Waals surface area contributed by atoms with E-state index in [0.29, 0.717) is 31.0 Å². The highest BCUT2D eigenvalue weighted by Crippen LogP contribution is 2.45. The Hall–Kier alpha value is -2.90. The number of benzene rings is 1. The molecule has 8 heteroatoms. The fraction of sp³-hybridized carbons (Fsp3) is 0.476. The first kappa shape index (κ1) is 19.4. The zero-order valence-electron chi connectivity index (χ0n) is 17.2. The van der Waals surface area contributed by atoms with Gasteiger partial charge in [-0.3, -0.25) is 4.79 Å². The fourth-order valence-corrected chi connectivity index (χ4v) is 4.78. The molecule has 4 rings (SSSR count). The van der Waals surface area contributed by atoms with Crippen LogP contribution in [-0.2, 0) is 7.05 Å². The Bertz CT molecular complexity index is 937. The Balaban J connectivity index is 1.64. The quantitative estimate of drug-likeness (QED) is 0.779. The molecular weight excluding hydrogens is 373 g/mol. The molecule has 7 nitrogen and oxygen atoms in total. The van der Waals surface area contributed by atoms with Gasteiger partial charge in [0, 0.05) is 52.6 Å². The maximum absolute atomic E-state index is 13.9. The molecule has 0 N–H and O–H groups in total. The van der Waals surface area contributed by atoms with Crippen molar-refractivity contribution in [2.45, 2.75) is 13.0 Å². The normalized spacial score (nSPS) is 23.4. The average molecular weight is 399 g/mol. The van der Waals surface area contributed by atoms with Crippen LogP contribution >= 0.6 is 0 Å². The number of halogens is 1. The fourth-order valence-electron chi connectivity index (χ4n) is 4.78. The van der Waals surface area contributed by atoms with Crippen molar-refractivity contribution in [2.75, 3.05) is 33.7 Å². The number of fused-ring (bicyclic) bond motifs is 1. The van der Waals surface area contributed by atoms with Crippen molar-refractivity contribution < 1.29 is 14.0 Å². The predicted molar refractivity (Wildman–Crippen MR) is 106 cm³/mol. The number of imidazole rings is 1. The monoisotopic (exact) mass is 399 g/mol. The van der Waals surface area contributed by atoms with Gasteiger partial charge in [-0.25, -0.2) is 14.2 Å². The molecule has 3 heterocycles. The summed E-state index contributed by atoms with van der Waals surface area (Å²) in [5, 5.41) is 0. The zero-order chi connectivity index (χ0) is 20.9. The third kappa shape index (κ3) is 3.26. The molecule has 1 aromatic heterocycles. The molecule has 3 atom stereocenters. The molecule has 0 bridgehead atoms. The summed E-state index contributed by atoms with van der Waals surface area (Å²) in [6, 6.07) is 6.10. The molecule has 2 aliphatic rings. The third-order valence-electron chi connectivity index (χ3n) is 6.09. The molecule has 0 saturated carbocycles. The molecule has 0 spiro atoms. The van der Waals surface area contributed by atoms with Crippen molar-refractivity contribution in [3.05, 3.63) is 53.4 Å². The van der Waals surface area contributed by atoms with E-state index >= 15 is 0 Å². The van der Waals surface area contributed by atoms with Crippen LogP contribution in [-0.4, -0.2) is 69.9 Å². The lowest BCUT2D eigenvalue weighted by Gasteiger charge is -2.32. The molecule has 2 fully saturated rings. The van der Waals surface area contributed by atoms with Crippen LogP contribution in [0.25, 0.3) is 0 Å². The first-order valence-electron chi connectivity index (χ1n) is 9.78. The maximum atomic E-state index is 13.9. The van der Waals surface area contributed by atoms with Gasteiger partial charge in [-0.05, 0) is 24.6 Å². The third-order valence-corrected chi connectivity index (χ3v) is 6.09. The van der Waals surface area contributed by atoms with E-state index in [1.807, 2.05) is 29.8 Å². The molecule has 1 aromatic carbocycles. The summed E-state index contributed by atoms with van der Waals surface area (Å²) in [4.78, 5) is 35.4. The molecular formula is C21H26FN5O2. The lowest BCUT2D eigenvalue weighted by molar-refractivity contribution is 0.0756. The van der Waals surface area contributed by atoms with Crippen molar-refractivity contribution in [1.29, 1.82) is 0 Å². The van der Waals surface area contributed by atoms with E-state index in [1.165, 1.54) is 12.1 Å². The lowest BCUT2D eigenvalue weighted by atomic mass is 9.89. The highest BCUT2D eigenvalue weighted by atomic mass is 19.1. The number of carbonyl (C=O) groups is 2. The number of hydrogen-bond donors (Lipinski definition) is 0. The van der Waals surface area contributed by atoms with Gasteiger partial charge in [0.15, 0.2) is 0 Å². The van der Waals surface area contributed by atoms with Crippen molar-refractivity contribution in [1.82, 2.24) is 24.3 Å². The number of urea groups is 1. The predicted octanol–water partition coefficient (Wildman–Crippen LogP) is 2.29. The van der Waals surface area contributed by atoms with Crippen LogP contribution in [0.3, 0.4) is 0 Å². The van der Waals surface area contributed by atoms with Gasteiger partial charge < -0.3 is 19.3 Å². The number of hydrogen-bond acceptors (Lipinski definition) is 3. The molecule has 0 aliphatic carbocycles. The number of aromatic nitrogens is 2. The standard InChI is InChI=1S/C21H26FN5O2/c1-13-18(25(4)12-23-13)20(28)26-9-15-10-27(21(29)24(2)3)19(17(15)11-26)14-6-5-7-16(22)8-14/h5-8,12,15,17,19H,9-11H2,1-4H3/t15-,17-,19-/m1/s1. The van der Waals surface area contributed by atoms with Crippen LogP contribution in [0.1, 0.15) is 27.8 Å². The van der Waals surface area contributed by atoms with E-state index in [4.69, 9.17) is 0 Å². The number of amides is 3. The molecule has 2 aliphatic heterocycles. The topological polar surface area (TPSA) is 61.7 Å². The van der Waals surface area contributed by atoms with E-state index in [1.54, 1.807) is 36.0 Å². The maximum Gasteiger partial charge on any atom is 0.320 e. The van der Waals surface area contributed by atoms with Gasteiger partial charge in [0.25, 0.3) is 5.91 Å². The van der Waals surface area contributed by atoms with Crippen LogP contribution in [0, 0.1) is 24.6 Å². The summed E-state index contributed by atoms with van der Waals surface area (Å²) in [5.41, 5.74) is 2.08. The second kappa shape index (κ2) is 7.17. The summed E-state index contributed by atoms with van der Waals surface area (Å²) >= 11 is 0. The van der Waals surface area contributed by atoms with Gasteiger partial charge in [-0.1, -0.05) is 12.1 Å². The van der Waals surface area contributed by atoms with Gasteiger partial charge in [-0.2, -0.15) is 0 Å². The molecule has 2 aromatic rings. The number of rotatable bonds is 2. The highest BCUT2D eigenvalue weighted by Gasteiger charge is 2.50. The highest BCUT2D eigenvalue weighted by molar-refractivity contribution is 5.94. The van der Waals surface area contributed by atoms with Crippen LogP contribution in [0.4, 0.5) is 9.18 Å². The minimum Gasteiger partial charge on any atom is -0.337 e. The Morgan fingerprint density at radius 3 is 2.59 bits per heavy atom. The van der Waals surface area contributed by atoms with Gasteiger partial charge in [-0.15, -0.1) is 0 Å². The van der Waals surface area contributed by atoms with Crippen LogP contribution < -0.4 is 0 Å². The van der Waals surface area contributed by atoms with Crippen molar-refractivity contribution >= 4 is 11.9 Å². The summed E-state index contributed by atoms with van der Waals surface area (Å²) in [7, 11) is 5.26. The van der Waals surface area contributed by atoms with Crippen LogP contribution in [0.15, 0.2) is 30.6 Å². The largest absolute Gasteiger partial charge is 0.337 e. The minimum absolute atomic E-state index is 0.0413. The van der Waals surface area contributed by atoms with Gasteiger partial charge in [0.1, 0.15) is 11.5 Å².